The normalized spacial score (nSPS) is 16.1. The molecule has 0 unspecified atom stereocenters. The highest BCUT2D eigenvalue weighted by Crippen LogP contribution is 2.30. The van der Waals surface area contributed by atoms with Crippen LogP contribution in [0.4, 0.5) is 10.1 Å². The summed E-state index contributed by atoms with van der Waals surface area (Å²) in [6.45, 7) is 2.34. The quantitative estimate of drug-likeness (QED) is 0.757. The van der Waals surface area contributed by atoms with Crippen molar-refractivity contribution >= 4 is 37.3 Å². The maximum atomic E-state index is 13.5. The summed E-state index contributed by atoms with van der Waals surface area (Å²) in [4.78, 5) is -0.380. The van der Waals surface area contributed by atoms with E-state index >= 15 is 0 Å². The van der Waals surface area contributed by atoms with E-state index in [9.17, 15) is 21.2 Å². The number of sulfonamides is 2. The average molecular weight is 447 g/mol. The number of benzene rings is 2. The standard InChI is InChI=1S/C18H20ClFN2O4S2/c1-13-5-6-14(20)11-17(13)27(23,24)21-15-7-8-16(19)18(12-15)28(25,26)22-9-3-2-4-10-22/h5-8,11-12,21H,2-4,9-10H2,1H3. The minimum atomic E-state index is -4.11. The Balaban J connectivity index is 1.96. The number of aryl methyl sites for hydroxylation is 1. The van der Waals surface area contributed by atoms with E-state index in [2.05, 4.69) is 4.72 Å². The molecule has 1 aliphatic heterocycles. The highest BCUT2D eigenvalue weighted by atomic mass is 35.5. The number of nitrogens with one attached hydrogen (secondary N) is 1. The molecule has 10 heteroatoms. The monoisotopic (exact) mass is 446 g/mol. The van der Waals surface area contributed by atoms with E-state index < -0.39 is 25.9 Å². The number of hydrogen-bond donors (Lipinski definition) is 1. The Morgan fingerprint density at radius 3 is 2.32 bits per heavy atom. The maximum absolute atomic E-state index is 13.5. The fourth-order valence-electron chi connectivity index (χ4n) is 3.08. The Labute approximate surface area is 169 Å². The Hall–Kier alpha value is -1.68. The molecule has 0 saturated carbocycles. The summed E-state index contributed by atoms with van der Waals surface area (Å²) in [5, 5.41) is 0.00968. The van der Waals surface area contributed by atoms with Crippen LogP contribution < -0.4 is 4.72 Å². The van der Waals surface area contributed by atoms with E-state index in [0.717, 1.165) is 25.3 Å². The van der Waals surface area contributed by atoms with E-state index in [0.29, 0.717) is 18.7 Å². The number of hydrogen-bond acceptors (Lipinski definition) is 4. The second-order valence-corrected chi connectivity index (χ2v) is 10.6. The van der Waals surface area contributed by atoms with Crippen LogP contribution in [0.15, 0.2) is 46.2 Å². The van der Waals surface area contributed by atoms with E-state index in [1.54, 1.807) is 6.92 Å². The molecular formula is C18H20ClFN2O4S2. The molecule has 1 fully saturated rings. The number of rotatable bonds is 5. The highest BCUT2D eigenvalue weighted by Gasteiger charge is 2.29. The van der Waals surface area contributed by atoms with Crippen molar-refractivity contribution in [2.45, 2.75) is 36.0 Å². The van der Waals surface area contributed by atoms with Crippen molar-refractivity contribution < 1.29 is 21.2 Å². The summed E-state index contributed by atoms with van der Waals surface area (Å²) in [7, 11) is -7.95. The van der Waals surface area contributed by atoms with Crippen LogP contribution in [0.5, 0.6) is 0 Å². The van der Waals surface area contributed by atoms with Crippen molar-refractivity contribution in [3.8, 4) is 0 Å². The molecule has 2 aromatic carbocycles. The first-order valence-electron chi connectivity index (χ1n) is 8.70. The summed E-state index contributed by atoms with van der Waals surface area (Å²) in [5.74, 6) is -0.685. The lowest BCUT2D eigenvalue weighted by atomic mass is 10.2. The molecule has 152 valence electrons. The second-order valence-electron chi connectivity index (χ2n) is 6.63. The Morgan fingerprint density at radius 2 is 1.64 bits per heavy atom. The van der Waals surface area contributed by atoms with Gasteiger partial charge in [0.2, 0.25) is 10.0 Å². The third kappa shape index (κ3) is 4.32. The van der Waals surface area contributed by atoms with Crippen LogP contribution in [-0.2, 0) is 20.0 Å². The van der Waals surface area contributed by atoms with Gasteiger partial charge in [-0.15, -0.1) is 0 Å². The molecule has 3 rings (SSSR count). The van der Waals surface area contributed by atoms with E-state index in [4.69, 9.17) is 11.6 Å². The van der Waals surface area contributed by atoms with Gasteiger partial charge in [0, 0.05) is 13.1 Å². The van der Waals surface area contributed by atoms with Gasteiger partial charge < -0.3 is 0 Å². The predicted molar refractivity (Wildman–Crippen MR) is 106 cm³/mol. The molecule has 1 N–H and O–H groups in total. The average Bonchev–Trinajstić information content (AvgIpc) is 2.65. The summed E-state index contributed by atoms with van der Waals surface area (Å²) in [6.07, 6.45) is 2.50. The van der Waals surface area contributed by atoms with Crippen LogP contribution in [0.25, 0.3) is 0 Å². The Bertz CT molecular complexity index is 1100. The van der Waals surface area contributed by atoms with Gasteiger partial charge in [0.1, 0.15) is 10.7 Å². The number of nitrogens with zero attached hydrogens (tertiary/aromatic N) is 1. The van der Waals surface area contributed by atoms with Crippen molar-refractivity contribution in [3.05, 3.63) is 52.8 Å². The lowest BCUT2D eigenvalue weighted by Gasteiger charge is -2.26. The number of anilines is 1. The van der Waals surface area contributed by atoms with Crippen molar-refractivity contribution in [2.24, 2.45) is 0 Å². The van der Waals surface area contributed by atoms with Gasteiger partial charge in [-0.1, -0.05) is 24.1 Å². The topological polar surface area (TPSA) is 83.5 Å². The van der Waals surface area contributed by atoms with Gasteiger partial charge in [-0.3, -0.25) is 4.72 Å². The summed E-state index contributed by atoms with van der Waals surface area (Å²) in [5.41, 5.74) is 0.396. The van der Waals surface area contributed by atoms with Crippen molar-refractivity contribution in [2.75, 3.05) is 17.8 Å². The fraction of sp³-hybridized carbons (Fsp3) is 0.333. The first-order valence-corrected chi connectivity index (χ1v) is 12.0. The SMILES string of the molecule is Cc1ccc(F)cc1S(=O)(=O)Nc1ccc(Cl)c(S(=O)(=O)N2CCCCC2)c1. The molecule has 2 aromatic rings. The molecule has 0 bridgehead atoms. The van der Waals surface area contributed by atoms with Crippen molar-refractivity contribution in [1.82, 2.24) is 4.31 Å². The molecule has 0 amide bonds. The van der Waals surface area contributed by atoms with Gasteiger partial charge >= 0.3 is 0 Å². The van der Waals surface area contributed by atoms with E-state index in [-0.39, 0.29) is 20.5 Å². The molecular weight excluding hydrogens is 427 g/mol. The summed E-state index contributed by atoms with van der Waals surface area (Å²) >= 11 is 6.10. The molecule has 0 aromatic heterocycles. The van der Waals surface area contributed by atoms with Crippen molar-refractivity contribution in [1.29, 1.82) is 0 Å². The molecule has 1 saturated heterocycles. The van der Waals surface area contributed by atoms with E-state index in [1.807, 2.05) is 0 Å². The minimum Gasteiger partial charge on any atom is -0.280 e. The van der Waals surface area contributed by atoms with Crippen LogP contribution in [0.2, 0.25) is 5.02 Å². The van der Waals surface area contributed by atoms with Gasteiger partial charge in [0.15, 0.2) is 0 Å². The number of piperidine rings is 1. The molecule has 6 nitrogen and oxygen atoms in total. The van der Waals surface area contributed by atoms with Gasteiger partial charge in [0.25, 0.3) is 10.0 Å². The van der Waals surface area contributed by atoms with Crippen LogP contribution in [0.1, 0.15) is 24.8 Å². The first kappa shape index (κ1) is 21.0. The van der Waals surface area contributed by atoms with Gasteiger partial charge in [-0.2, -0.15) is 4.31 Å². The fourth-order valence-corrected chi connectivity index (χ4v) is 6.41. The third-order valence-corrected chi connectivity index (χ3v) is 8.46. The van der Waals surface area contributed by atoms with Gasteiger partial charge in [0.05, 0.1) is 15.6 Å². The molecule has 0 atom stereocenters. The third-order valence-electron chi connectivity index (χ3n) is 4.56. The van der Waals surface area contributed by atoms with E-state index in [1.165, 1.54) is 34.6 Å². The molecule has 28 heavy (non-hydrogen) atoms. The van der Waals surface area contributed by atoms with Gasteiger partial charge in [-0.25, -0.2) is 21.2 Å². The van der Waals surface area contributed by atoms with Crippen molar-refractivity contribution in [3.63, 3.8) is 0 Å². The van der Waals surface area contributed by atoms with Crippen LogP contribution in [0.3, 0.4) is 0 Å². The minimum absolute atomic E-state index is 0.00968. The molecule has 1 aliphatic rings. The Morgan fingerprint density at radius 1 is 0.964 bits per heavy atom. The first-order chi connectivity index (χ1) is 13.1. The lowest BCUT2D eigenvalue weighted by Crippen LogP contribution is -2.35. The summed E-state index contributed by atoms with van der Waals surface area (Å²) < 4.78 is 68.3. The summed E-state index contributed by atoms with van der Waals surface area (Å²) in [6, 6.07) is 7.33. The highest BCUT2D eigenvalue weighted by molar-refractivity contribution is 7.92. The maximum Gasteiger partial charge on any atom is 0.262 e. The second kappa shape index (κ2) is 7.98. The largest absolute Gasteiger partial charge is 0.280 e. The molecule has 1 heterocycles. The molecule has 0 spiro atoms. The van der Waals surface area contributed by atoms with Crippen LogP contribution >= 0.6 is 11.6 Å². The van der Waals surface area contributed by atoms with Gasteiger partial charge in [-0.05, 0) is 55.7 Å². The Kier molecular flexibility index (Phi) is 6.00. The van der Waals surface area contributed by atoms with Crippen LogP contribution in [-0.4, -0.2) is 34.2 Å². The predicted octanol–water partition coefficient (Wildman–Crippen LogP) is 3.76. The van der Waals surface area contributed by atoms with Crippen LogP contribution in [0, 0.1) is 12.7 Å². The molecule has 0 aliphatic carbocycles. The lowest BCUT2D eigenvalue weighted by molar-refractivity contribution is 0.346. The zero-order chi connectivity index (χ0) is 20.5. The number of halogens is 2. The molecule has 0 radical (unpaired) electrons. The smallest absolute Gasteiger partial charge is 0.262 e. The zero-order valence-corrected chi connectivity index (χ0v) is 17.5. The zero-order valence-electron chi connectivity index (χ0n) is 15.2.